The van der Waals surface area contributed by atoms with E-state index in [1.807, 2.05) is 6.20 Å². The predicted octanol–water partition coefficient (Wildman–Crippen LogP) is 21.8. The minimum absolute atomic E-state index is 0. The third-order valence-electron chi connectivity index (χ3n) is 17.8. The van der Waals surface area contributed by atoms with Crippen molar-refractivity contribution in [3.05, 3.63) is 270 Å². The van der Waals surface area contributed by atoms with Crippen molar-refractivity contribution in [3.63, 3.8) is 0 Å². The molecule has 0 spiro atoms. The minimum atomic E-state index is -0.460. The average molecular weight is 1310 g/mol. The van der Waals surface area contributed by atoms with Gasteiger partial charge in [-0.05, 0) is 132 Å². The van der Waals surface area contributed by atoms with E-state index in [2.05, 4.69) is 330 Å². The van der Waals surface area contributed by atoms with Gasteiger partial charge in [-0.2, -0.15) is 0 Å². The third-order valence-corrected chi connectivity index (χ3v) is 17.8. The van der Waals surface area contributed by atoms with Crippen molar-refractivity contribution in [1.82, 2.24) is 9.55 Å². The first-order valence-corrected chi connectivity index (χ1v) is 30.3. The van der Waals surface area contributed by atoms with Crippen LogP contribution in [0.3, 0.4) is 0 Å². The van der Waals surface area contributed by atoms with Crippen molar-refractivity contribution in [2.24, 2.45) is 0 Å². The SMILES string of the molecule is CC(C)c1cccc(C(C)C)c1-c1cc(Oc2[c-]c3c(c(C(C)(C)c4ccccc4)c2)c2ccccc2n3-c2cc(C(C)(C)C)ccn2)[c-]c(N2[CH-]N(c3cc(-c4ccccc4)cc(C(C)(C)c4ccccc4)c3)c3ccc(C(C)(C)C)cc32)c1.[Pt]. The van der Waals surface area contributed by atoms with Crippen LogP contribution in [-0.2, 0) is 42.7 Å². The summed E-state index contributed by atoms with van der Waals surface area (Å²) in [5, 5.41) is 2.26. The van der Waals surface area contributed by atoms with Crippen molar-refractivity contribution in [1.29, 1.82) is 0 Å². The molecule has 0 saturated heterocycles. The maximum Gasteiger partial charge on any atom is 0.135 e. The summed E-state index contributed by atoms with van der Waals surface area (Å²) in [6.45, 7) is 34.5. The van der Waals surface area contributed by atoms with E-state index in [4.69, 9.17) is 9.72 Å². The van der Waals surface area contributed by atoms with Crippen molar-refractivity contribution in [2.75, 3.05) is 9.80 Å². The summed E-state index contributed by atoms with van der Waals surface area (Å²) in [7, 11) is 0. The zero-order valence-corrected chi connectivity index (χ0v) is 54.6. The number of nitrogens with zero attached hydrogens (tertiary/aromatic N) is 4. The van der Waals surface area contributed by atoms with E-state index in [1.54, 1.807) is 0 Å². The fourth-order valence-corrected chi connectivity index (χ4v) is 12.6. The van der Waals surface area contributed by atoms with E-state index < -0.39 is 5.41 Å². The molecule has 0 N–H and O–H groups in total. The van der Waals surface area contributed by atoms with Crippen LogP contribution in [-0.4, -0.2) is 9.55 Å². The Morgan fingerprint density at radius 1 is 0.465 bits per heavy atom. The van der Waals surface area contributed by atoms with Gasteiger partial charge in [0, 0.05) is 66.8 Å². The molecule has 11 aromatic rings. The molecule has 1 aliphatic heterocycles. The molecule has 12 rings (SSSR count). The van der Waals surface area contributed by atoms with Crippen LogP contribution in [0.15, 0.2) is 206 Å². The van der Waals surface area contributed by atoms with E-state index in [-0.39, 0.29) is 49.1 Å². The summed E-state index contributed by atoms with van der Waals surface area (Å²) in [6, 6.07) is 81.1. The molecule has 0 atom stereocenters. The topological polar surface area (TPSA) is 33.5 Å². The molecule has 2 aromatic heterocycles. The Labute approximate surface area is 526 Å². The average Bonchev–Trinajstić information content (AvgIpc) is 1.64. The second-order valence-corrected chi connectivity index (χ2v) is 27.0. The number of hydrogen-bond acceptors (Lipinski definition) is 4. The monoisotopic (exact) mass is 1310 g/mol. The van der Waals surface area contributed by atoms with E-state index in [0.717, 1.165) is 67.1 Å². The molecule has 5 nitrogen and oxygen atoms in total. The fraction of sp³-hybridized carbons (Fsp3) is 0.250. The van der Waals surface area contributed by atoms with Crippen LogP contribution in [0.4, 0.5) is 22.7 Å². The number of para-hydroxylation sites is 1. The number of ether oxygens (including phenoxy) is 1. The van der Waals surface area contributed by atoms with Gasteiger partial charge < -0.3 is 19.1 Å². The summed E-state index contributed by atoms with van der Waals surface area (Å²) in [6.07, 6.45) is 1.94. The van der Waals surface area contributed by atoms with Crippen molar-refractivity contribution < 1.29 is 25.8 Å². The molecule has 9 aromatic carbocycles. The molecular formula is C80H79N4OPt-3. The summed E-state index contributed by atoms with van der Waals surface area (Å²) in [5.74, 6) is 2.54. The maximum atomic E-state index is 7.52. The number of hydrogen-bond donors (Lipinski definition) is 0. The summed E-state index contributed by atoms with van der Waals surface area (Å²) >= 11 is 0. The van der Waals surface area contributed by atoms with Crippen LogP contribution < -0.4 is 14.5 Å². The van der Waals surface area contributed by atoms with Gasteiger partial charge in [0.1, 0.15) is 5.82 Å². The van der Waals surface area contributed by atoms with E-state index >= 15 is 0 Å². The molecule has 0 saturated carbocycles. The summed E-state index contributed by atoms with van der Waals surface area (Å²) in [4.78, 5) is 9.82. The molecular weight excluding hydrogens is 1230 g/mol. The zero-order valence-electron chi connectivity index (χ0n) is 52.4. The quantitative estimate of drug-likeness (QED) is 0.108. The summed E-state index contributed by atoms with van der Waals surface area (Å²) in [5.41, 5.74) is 19.5. The second kappa shape index (κ2) is 23.0. The van der Waals surface area contributed by atoms with Crippen LogP contribution in [0.2, 0.25) is 0 Å². The van der Waals surface area contributed by atoms with Crippen molar-refractivity contribution in [2.45, 2.75) is 130 Å². The smallest absolute Gasteiger partial charge is 0.135 e. The Balaban J connectivity index is 0.00000768. The molecule has 0 fully saturated rings. The van der Waals surface area contributed by atoms with Gasteiger partial charge in [0.25, 0.3) is 0 Å². The van der Waals surface area contributed by atoms with Gasteiger partial charge in [0.2, 0.25) is 0 Å². The van der Waals surface area contributed by atoms with Crippen LogP contribution in [0, 0.1) is 18.8 Å². The summed E-state index contributed by atoms with van der Waals surface area (Å²) < 4.78 is 9.81. The Hall–Kier alpha value is -7.98. The van der Waals surface area contributed by atoms with Gasteiger partial charge in [-0.25, -0.2) is 4.98 Å². The Morgan fingerprint density at radius 3 is 1.70 bits per heavy atom. The number of benzene rings is 9. The molecule has 0 aliphatic carbocycles. The number of aromatic nitrogens is 2. The predicted molar refractivity (Wildman–Crippen MR) is 358 cm³/mol. The van der Waals surface area contributed by atoms with E-state index in [1.165, 1.54) is 50.1 Å². The maximum absolute atomic E-state index is 7.52. The standard InChI is InChI=1S/C80H79N4O.Pt/c1-52(2)66-34-26-35-67(53(3)4)75(66)56-43-63(83-51-82(71-38-37-59(46-72(71)83)77(5,6)7)62-42-55(54-27-18-15-19-28-54)41-61(45-62)79(11,12)57-29-20-16-21-30-57)48-64(44-56)85-65-49-69(80(13,14)58-31-22-17-23-32-58)76-68-33-24-25-36-70(68)84(73(76)50-65)74-47-60(39-40-81-74)78(8,9)10;/h15-47,49,51-53H,1-14H3;/q-3;. The molecule has 6 heteroatoms. The van der Waals surface area contributed by atoms with Crippen molar-refractivity contribution >= 4 is 44.6 Å². The van der Waals surface area contributed by atoms with E-state index in [0.29, 0.717) is 11.5 Å². The van der Waals surface area contributed by atoms with Crippen LogP contribution in [0.5, 0.6) is 11.5 Å². The first-order chi connectivity index (χ1) is 40.6. The molecule has 0 amide bonds. The first-order valence-electron chi connectivity index (χ1n) is 30.3. The number of pyridine rings is 1. The van der Waals surface area contributed by atoms with Crippen LogP contribution in [0.25, 0.3) is 49.9 Å². The molecule has 86 heavy (non-hydrogen) atoms. The Kier molecular flexibility index (Phi) is 16.0. The van der Waals surface area contributed by atoms with E-state index in [9.17, 15) is 0 Å². The number of fused-ring (bicyclic) bond motifs is 4. The fourth-order valence-electron chi connectivity index (χ4n) is 12.6. The first kappa shape index (κ1) is 59.7. The molecule has 0 unspecified atom stereocenters. The second-order valence-electron chi connectivity index (χ2n) is 27.0. The molecule has 3 heterocycles. The number of anilines is 4. The molecule has 438 valence electrons. The Bertz CT molecular complexity index is 4250. The third kappa shape index (κ3) is 11.1. The molecule has 0 radical (unpaired) electrons. The van der Waals surface area contributed by atoms with Gasteiger partial charge >= 0.3 is 0 Å². The minimum Gasteiger partial charge on any atom is -0.509 e. The van der Waals surface area contributed by atoms with Crippen LogP contribution in [0.1, 0.15) is 153 Å². The van der Waals surface area contributed by atoms with Crippen molar-refractivity contribution in [3.8, 4) is 39.6 Å². The van der Waals surface area contributed by atoms with Gasteiger partial charge in [-0.1, -0.05) is 247 Å². The zero-order chi connectivity index (χ0) is 59.7. The van der Waals surface area contributed by atoms with Gasteiger partial charge in [-0.3, -0.25) is 0 Å². The van der Waals surface area contributed by atoms with Crippen LogP contribution >= 0.6 is 0 Å². The normalized spacial score (nSPS) is 13.0. The van der Waals surface area contributed by atoms with Gasteiger partial charge in [0.15, 0.2) is 0 Å². The largest absolute Gasteiger partial charge is 0.509 e. The number of rotatable bonds is 13. The van der Waals surface area contributed by atoms with Gasteiger partial charge in [0.05, 0.1) is 0 Å². The Morgan fingerprint density at radius 2 is 1.06 bits per heavy atom. The molecule has 0 bridgehead atoms. The van der Waals surface area contributed by atoms with Gasteiger partial charge in [-0.15, -0.1) is 53.8 Å². The molecule has 1 aliphatic rings.